The molecule has 2 heterocycles. The molecule has 0 bridgehead atoms. The van der Waals surface area contributed by atoms with E-state index in [0.717, 1.165) is 43.0 Å². The summed E-state index contributed by atoms with van der Waals surface area (Å²) in [6, 6.07) is 12.7. The molecule has 0 spiro atoms. The fraction of sp³-hybridized carbons (Fsp3) is 0.519. The van der Waals surface area contributed by atoms with E-state index in [1.54, 1.807) is 28.1 Å². The van der Waals surface area contributed by atoms with Crippen molar-refractivity contribution < 1.29 is 24.1 Å². The monoisotopic (exact) mass is 453 g/mol. The number of carboxylic acids is 1. The highest BCUT2D eigenvalue weighted by atomic mass is 16.5. The van der Waals surface area contributed by atoms with Crippen LogP contribution in [0.15, 0.2) is 36.4 Å². The summed E-state index contributed by atoms with van der Waals surface area (Å²) in [5.41, 5.74) is 4.06. The van der Waals surface area contributed by atoms with Gasteiger partial charge in [0.1, 0.15) is 18.1 Å². The number of fused-ring (bicyclic) bond motifs is 2. The van der Waals surface area contributed by atoms with Crippen molar-refractivity contribution in [2.24, 2.45) is 11.3 Å². The third-order valence-electron chi connectivity index (χ3n) is 7.09. The van der Waals surface area contributed by atoms with Gasteiger partial charge >= 0.3 is 5.97 Å². The zero-order valence-electron chi connectivity index (χ0n) is 20.1. The molecule has 2 aliphatic heterocycles. The van der Waals surface area contributed by atoms with E-state index < -0.39 is 11.4 Å². The summed E-state index contributed by atoms with van der Waals surface area (Å²) in [6.07, 6.45) is 2.01. The average molecular weight is 454 g/mol. The molecule has 4 rings (SSSR count). The number of carbonyl (C=O) groups is 1. The van der Waals surface area contributed by atoms with E-state index in [1.165, 1.54) is 16.7 Å². The van der Waals surface area contributed by atoms with Crippen LogP contribution in [0.5, 0.6) is 11.5 Å². The Morgan fingerprint density at radius 1 is 1.12 bits per heavy atom. The zero-order valence-corrected chi connectivity index (χ0v) is 20.1. The fourth-order valence-corrected chi connectivity index (χ4v) is 5.25. The van der Waals surface area contributed by atoms with Gasteiger partial charge in [0.25, 0.3) is 0 Å². The average Bonchev–Trinajstić information content (AvgIpc) is 2.95. The Balaban J connectivity index is 1.66. The van der Waals surface area contributed by atoms with Gasteiger partial charge in [0.15, 0.2) is 0 Å². The van der Waals surface area contributed by atoms with Gasteiger partial charge in [-0.25, -0.2) is 0 Å². The molecule has 0 saturated carbocycles. The minimum absolute atomic E-state index is 0.194. The smallest absolute Gasteiger partial charge is 0.310 e. The van der Waals surface area contributed by atoms with Crippen molar-refractivity contribution in [3.63, 3.8) is 0 Å². The highest BCUT2D eigenvalue weighted by Crippen LogP contribution is 2.46. The second-order valence-electron chi connectivity index (χ2n) is 9.94. The fourth-order valence-electron chi connectivity index (χ4n) is 5.25. The van der Waals surface area contributed by atoms with Gasteiger partial charge in [0.2, 0.25) is 0 Å². The first-order valence-corrected chi connectivity index (χ1v) is 11.7. The van der Waals surface area contributed by atoms with Crippen molar-refractivity contribution in [2.45, 2.75) is 45.8 Å². The number of nitrogens with zero attached hydrogens (tertiary/aromatic N) is 1. The molecule has 178 valence electrons. The number of hydrogen-bond acceptors (Lipinski definition) is 5. The Kier molecular flexibility index (Phi) is 6.96. The summed E-state index contributed by atoms with van der Waals surface area (Å²) < 4.78 is 17.2. The Labute approximate surface area is 196 Å². The number of piperidine rings is 1. The second kappa shape index (κ2) is 9.74. The topological polar surface area (TPSA) is 68.2 Å². The van der Waals surface area contributed by atoms with Gasteiger partial charge in [-0.15, -0.1) is 0 Å². The largest absolute Gasteiger partial charge is 0.497 e. The minimum atomic E-state index is -0.745. The van der Waals surface area contributed by atoms with Gasteiger partial charge < -0.3 is 24.2 Å². The highest BCUT2D eigenvalue weighted by molar-refractivity contribution is 5.73. The van der Waals surface area contributed by atoms with Crippen LogP contribution in [0.3, 0.4) is 0 Å². The molecular formula is C27H35NO5. The summed E-state index contributed by atoms with van der Waals surface area (Å²) in [4.78, 5) is 13.9. The van der Waals surface area contributed by atoms with Crippen LogP contribution in [0, 0.1) is 11.3 Å². The maximum atomic E-state index is 11.6. The molecule has 2 aromatic carbocycles. The maximum Gasteiger partial charge on any atom is 0.310 e. The van der Waals surface area contributed by atoms with Crippen LogP contribution in [-0.4, -0.2) is 49.8 Å². The minimum Gasteiger partial charge on any atom is -0.497 e. The van der Waals surface area contributed by atoms with Crippen LogP contribution in [0.25, 0.3) is 0 Å². The third-order valence-corrected chi connectivity index (χ3v) is 7.09. The van der Waals surface area contributed by atoms with Crippen LogP contribution in [-0.2, 0) is 22.7 Å². The molecule has 2 aromatic rings. The number of carboxylic acid groups (broad SMARTS) is 1. The molecule has 0 aromatic heterocycles. The van der Waals surface area contributed by atoms with Crippen molar-refractivity contribution in [3.8, 4) is 11.5 Å². The van der Waals surface area contributed by atoms with Gasteiger partial charge in [-0.1, -0.05) is 12.1 Å². The number of hydrogen-bond donors (Lipinski definition) is 1. The van der Waals surface area contributed by atoms with Gasteiger partial charge in [-0.2, -0.15) is 0 Å². The quantitative estimate of drug-likeness (QED) is 0.656. The lowest BCUT2D eigenvalue weighted by Crippen LogP contribution is -2.43. The number of rotatable bonds is 7. The molecule has 2 aliphatic rings. The molecular weight excluding hydrogens is 418 g/mol. The van der Waals surface area contributed by atoms with E-state index in [1.807, 2.05) is 6.07 Å². The third kappa shape index (κ3) is 5.02. The lowest BCUT2D eigenvalue weighted by Gasteiger charge is -2.39. The Morgan fingerprint density at radius 2 is 1.88 bits per heavy atom. The highest BCUT2D eigenvalue weighted by Gasteiger charge is 2.36. The summed E-state index contributed by atoms with van der Waals surface area (Å²) >= 11 is 0. The number of likely N-dealkylation sites (tertiary alicyclic amines) is 1. The van der Waals surface area contributed by atoms with Gasteiger partial charge in [-0.05, 0) is 86.7 Å². The van der Waals surface area contributed by atoms with Crippen molar-refractivity contribution >= 4 is 5.97 Å². The molecule has 1 N–H and O–H groups in total. The van der Waals surface area contributed by atoms with Crippen LogP contribution < -0.4 is 9.47 Å². The van der Waals surface area contributed by atoms with Crippen molar-refractivity contribution in [2.75, 3.05) is 33.9 Å². The molecule has 0 amide bonds. The Hall–Kier alpha value is -2.57. The van der Waals surface area contributed by atoms with Crippen molar-refractivity contribution in [1.82, 2.24) is 4.90 Å². The molecule has 0 radical (unpaired) electrons. The van der Waals surface area contributed by atoms with Gasteiger partial charge in [0, 0.05) is 25.1 Å². The van der Waals surface area contributed by atoms with Crippen LogP contribution in [0.2, 0.25) is 0 Å². The van der Waals surface area contributed by atoms with Crippen LogP contribution >= 0.6 is 0 Å². The predicted octanol–water partition coefficient (Wildman–Crippen LogP) is 4.69. The summed E-state index contributed by atoms with van der Waals surface area (Å²) in [5, 5.41) is 9.53. The maximum absolute atomic E-state index is 11.6. The van der Waals surface area contributed by atoms with Crippen LogP contribution in [0.4, 0.5) is 0 Å². The normalized spacial score (nSPS) is 19.2. The lowest BCUT2D eigenvalue weighted by atomic mass is 9.74. The first kappa shape index (κ1) is 23.6. The Bertz CT molecular complexity index is 994. The zero-order chi connectivity index (χ0) is 23.6. The van der Waals surface area contributed by atoms with Gasteiger partial charge in [0.05, 0.1) is 19.1 Å². The molecule has 1 atom stereocenters. The number of methoxy groups -OCH3 is 2. The summed E-state index contributed by atoms with van der Waals surface area (Å²) in [5.74, 6) is 1.67. The predicted molar refractivity (Wildman–Crippen MR) is 127 cm³/mol. The van der Waals surface area contributed by atoms with Crippen molar-refractivity contribution in [3.05, 3.63) is 58.7 Å². The van der Waals surface area contributed by atoms with Crippen molar-refractivity contribution in [1.29, 1.82) is 0 Å². The summed E-state index contributed by atoms with van der Waals surface area (Å²) in [6.45, 7) is 7.07. The van der Waals surface area contributed by atoms with Crippen LogP contribution in [0.1, 0.15) is 54.9 Å². The van der Waals surface area contributed by atoms with E-state index in [2.05, 4.69) is 35.2 Å². The molecule has 0 aliphatic carbocycles. The molecule has 6 nitrogen and oxygen atoms in total. The SMILES string of the molecule is COCc1ccc2c(c1)C(C1CCN(CC(C)(C)C(=O)O)CC1)c1cc(OC)ccc1CO2. The first-order chi connectivity index (χ1) is 15.8. The Morgan fingerprint density at radius 3 is 2.55 bits per heavy atom. The van der Waals surface area contributed by atoms with E-state index >= 15 is 0 Å². The van der Waals surface area contributed by atoms with Gasteiger partial charge in [-0.3, -0.25) is 4.79 Å². The molecule has 1 fully saturated rings. The second-order valence-corrected chi connectivity index (χ2v) is 9.94. The van der Waals surface area contributed by atoms with E-state index in [9.17, 15) is 9.90 Å². The molecule has 1 saturated heterocycles. The van der Waals surface area contributed by atoms with E-state index in [4.69, 9.17) is 14.2 Å². The first-order valence-electron chi connectivity index (χ1n) is 11.7. The van der Waals surface area contributed by atoms with E-state index in [-0.39, 0.29) is 5.92 Å². The number of aliphatic carboxylic acids is 1. The summed E-state index contributed by atoms with van der Waals surface area (Å²) in [7, 11) is 3.42. The molecule has 33 heavy (non-hydrogen) atoms. The number of benzene rings is 2. The molecule has 1 unspecified atom stereocenters. The number of ether oxygens (including phenoxy) is 3. The lowest BCUT2D eigenvalue weighted by molar-refractivity contribution is -0.148. The standard InChI is InChI=1S/C27H35NO5/c1-27(2,26(29)30)17-28-11-9-19(10-12-28)25-22-14-21(32-4)7-6-20(22)16-33-24-8-5-18(15-31-3)13-23(24)25/h5-8,13-14,19,25H,9-12,15-17H2,1-4H3,(H,29,30). The molecule has 6 heteroatoms. The van der Waals surface area contributed by atoms with E-state index in [0.29, 0.717) is 25.7 Å².